The van der Waals surface area contributed by atoms with Gasteiger partial charge in [0.05, 0.1) is 5.71 Å². The van der Waals surface area contributed by atoms with Crippen molar-refractivity contribution in [3.63, 3.8) is 0 Å². The third-order valence-corrected chi connectivity index (χ3v) is 3.70. The van der Waals surface area contributed by atoms with Gasteiger partial charge in [0.2, 0.25) is 6.10 Å². The summed E-state index contributed by atoms with van der Waals surface area (Å²) in [5.41, 5.74) is 4.47. The van der Waals surface area contributed by atoms with E-state index in [9.17, 15) is 4.79 Å². The molecule has 5 nitrogen and oxygen atoms in total. The molecular formula is C19H20N2O3. The van der Waals surface area contributed by atoms with Crippen molar-refractivity contribution in [1.29, 1.82) is 0 Å². The molecule has 2 aromatic carbocycles. The minimum atomic E-state index is -0.706. The van der Waals surface area contributed by atoms with Gasteiger partial charge in [0.15, 0.2) is 11.5 Å². The van der Waals surface area contributed by atoms with E-state index < -0.39 is 6.10 Å². The number of fused-ring (bicyclic) bond motifs is 1. The van der Waals surface area contributed by atoms with Crippen molar-refractivity contribution in [3.05, 3.63) is 60.2 Å². The number of nitrogens with zero attached hydrogens (tertiary/aromatic N) is 1. The van der Waals surface area contributed by atoms with Gasteiger partial charge >= 0.3 is 0 Å². The average Bonchev–Trinajstić information content (AvgIpc) is 2.65. The van der Waals surface area contributed by atoms with Crippen LogP contribution in [0.4, 0.5) is 0 Å². The van der Waals surface area contributed by atoms with Gasteiger partial charge in [-0.05, 0) is 24.1 Å². The van der Waals surface area contributed by atoms with Crippen molar-refractivity contribution >= 4 is 11.6 Å². The molecule has 1 aliphatic rings. The predicted molar refractivity (Wildman–Crippen MR) is 92.4 cm³/mol. The van der Waals surface area contributed by atoms with Crippen LogP contribution in [0.15, 0.2) is 59.7 Å². The molecule has 0 fully saturated rings. The molecule has 0 saturated heterocycles. The Morgan fingerprint density at radius 1 is 1.12 bits per heavy atom. The van der Waals surface area contributed by atoms with Crippen LogP contribution < -0.4 is 14.9 Å². The molecule has 24 heavy (non-hydrogen) atoms. The van der Waals surface area contributed by atoms with Crippen molar-refractivity contribution in [3.8, 4) is 11.5 Å². The summed E-state index contributed by atoms with van der Waals surface area (Å²) in [5.74, 6) is 0.916. The maximum absolute atomic E-state index is 12.3. The van der Waals surface area contributed by atoms with Gasteiger partial charge < -0.3 is 9.47 Å². The van der Waals surface area contributed by atoms with E-state index in [2.05, 4.69) is 17.5 Å². The predicted octanol–water partition coefficient (Wildman–Crippen LogP) is 3.15. The first-order valence-electron chi connectivity index (χ1n) is 8.08. The van der Waals surface area contributed by atoms with Gasteiger partial charge in [-0.15, -0.1) is 0 Å². The van der Waals surface area contributed by atoms with Crippen LogP contribution in [-0.4, -0.2) is 24.3 Å². The van der Waals surface area contributed by atoms with Gasteiger partial charge in [-0.25, -0.2) is 5.43 Å². The largest absolute Gasteiger partial charge is 0.485 e. The number of benzene rings is 2. The van der Waals surface area contributed by atoms with Crippen molar-refractivity contribution in [2.75, 3.05) is 6.61 Å². The Hall–Kier alpha value is -2.82. The summed E-state index contributed by atoms with van der Waals surface area (Å²) < 4.78 is 11.2. The van der Waals surface area contributed by atoms with Gasteiger partial charge in [0.1, 0.15) is 6.61 Å². The van der Waals surface area contributed by atoms with E-state index >= 15 is 0 Å². The number of carbonyl (C=O) groups is 1. The molecule has 1 atom stereocenters. The summed E-state index contributed by atoms with van der Waals surface area (Å²) >= 11 is 0. The van der Waals surface area contributed by atoms with E-state index in [1.165, 1.54) is 0 Å². The normalized spacial score (nSPS) is 16.5. The molecule has 3 rings (SSSR count). The van der Waals surface area contributed by atoms with Crippen LogP contribution in [0.1, 0.15) is 25.3 Å². The lowest BCUT2D eigenvalue weighted by molar-refractivity contribution is -0.130. The maximum Gasteiger partial charge on any atom is 0.284 e. The van der Waals surface area contributed by atoms with Crippen LogP contribution in [0, 0.1) is 0 Å². The molecular weight excluding hydrogens is 304 g/mol. The number of rotatable bonds is 5. The Balaban J connectivity index is 1.68. The molecule has 124 valence electrons. The number of carbonyl (C=O) groups excluding carboxylic acids is 1. The van der Waals surface area contributed by atoms with Crippen LogP contribution in [0.2, 0.25) is 0 Å². The number of hydrogen-bond acceptors (Lipinski definition) is 4. The van der Waals surface area contributed by atoms with Gasteiger partial charge in [-0.3, -0.25) is 4.79 Å². The van der Waals surface area contributed by atoms with Crippen LogP contribution in [0.25, 0.3) is 0 Å². The lowest BCUT2D eigenvalue weighted by atomic mass is 10.1. The van der Waals surface area contributed by atoms with Gasteiger partial charge in [-0.1, -0.05) is 55.8 Å². The molecule has 1 unspecified atom stereocenters. The molecule has 0 spiro atoms. The second kappa shape index (κ2) is 7.64. The minimum absolute atomic E-state index is 0.173. The summed E-state index contributed by atoms with van der Waals surface area (Å²) in [6.45, 7) is 2.25. The molecule has 0 bridgehead atoms. The zero-order valence-electron chi connectivity index (χ0n) is 13.6. The molecule has 0 radical (unpaired) electrons. The first kappa shape index (κ1) is 16.1. The molecule has 1 aliphatic heterocycles. The van der Waals surface area contributed by atoms with Crippen molar-refractivity contribution in [1.82, 2.24) is 5.43 Å². The lowest BCUT2D eigenvalue weighted by Crippen LogP contribution is -2.42. The van der Waals surface area contributed by atoms with E-state index in [-0.39, 0.29) is 12.5 Å². The highest BCUT2D eigenvalue weighted by Crippen LogP contribution is 2.30. The second-order valence-corrected chi connectivity index (χ2v) is 5.51. The second-order valence-electron chi connectivity index (χ2n) is 5.51. The highest BCUT2D eigenvalue weighted by molar-refractivity contribution is 6.01. The number of hydrogen-bond donors (Lipinski definition) is 1. The summed E-state index contributed by atoms with van der Waals surface area (Å²) in [4.78, 5) is 12.3. The Kier molecular flexibility index (Phi) is 5.11. The number of ether oxygens (including phenoxy) is 2. The number of nitrogens with one attached hydrogen (secondary N) is 1. The van der Waals surface area contributed by atoms with E-state index in [0.717, 1.165) is 24.1 Å². The molecule has 0 saturated carbocycles. The molecule has 1 N–H and O–H groups in total. The van der Waals surface area contributed by atoms with Crippen molar-refractivity contribution in [2.45, 2.75) is 25.9 Å². The average molecular weight is 324 g/mol. The first-order chi connectivity index (χ1) is 11.8. The van der Waals surface area contributed by atoms with E-state index in [1.54, 1.807) is 6.07 Å². The van der Waals surface area contributed by atoms with Crippen LogP contribution >= 0.6 is 0 Å². The smallest absolute Gasteiger partial charge is 0.284 e. The molecule has 5 heteroatoms. The summed E-state index contributed by atoms with van der Waals surface area (Å²) in [6, 6.07) is 17.1. The molecule has 1 heterocycles. The molecule has 0 aliphatic carbocycles. The maximum atomic E-state index is 12.3. The first-order valence-corrected chi connectivity index (χ1v) is 8.08. The van der Waals surface area contributed by atoms with Crippen LogP contribution in [0.5, 0.6) is 11.5 Å². The number of amides is 1. The van der Waals surface area contributed by atoms with E-state index in [4.69, 9.17) is 9.47 Å². The third-order valence-electron chi connectivity index (χ3n) is 3.70. The Labute approximate surface area is 141 Å². The summed E-state index contributed by atoms with van der Waals surface area (Å²) in [7, 11) is 0. The number of hydrazone groups is 1. The van der Waals surface area contributed by atoms with Gasteiger partial charge in [-0.2, -0.15) is 5.10 Å². The zero-order valence-corrected chi connectivity index (χ0v) is 13.6. The quantitative estimate of drug-likeness (QED) is 0.679. The Morgan fingerprint density at radius 3 is 2.58 bits per heavy atom. The van der Waals surface area contributed by atoms with Crippen LogP contribution in [-0.2, 0) is 4.79 Å². The standard InChI is InChI=1S/C19H20N2O3/c1-2-8-15(14-9-4-3-5-10-14)20-21-19(22)18-13-23-16-11-6-7-12-17(16)24-18/h3-7,9-12,18H,2,8,13H2,1H3,(H,21,22)/b20-15+. The Bertz CT molecular complexity index is 728. The number of para-hydroxylation sites is 2. The topological polar surface area (TPSA) is 59.9 Å². The lowest BCUT2D eigenvalue weighted by Gasteiger charge is -2.24. The van der Waals surface area contributed by atoms with Crippen molar-refractivity contribution < 1.29 is 14.3 Å². The highest BCUT2D eigenvalue weighted by atomic mass is 16.6. The monoisotopic (exact) mass is 324 g/mol. The third kappa shape index (κ3) is 3.74. The molecule has 2 aromatic rings. The summed E-state index contributed by atoms with van der Waals surface area (Å²) in [5, 5.41) is 4.30. The Morgan fingerprint density at radius 2 is 1.83 bits per heavy atom. The molecule has 0 aromatic heterocycles. The zero-order chi connectivity index (χ0) is 16.8. The van der Waals surface area contributed by atoms with Gasteiger partial charge in [0.25, 0.3) is 5.91 Å². The van der Waals surface area contributed by atoms with E-state index in [0.29, 0.717) is 11.5 Å². The summed E-state index contributed by atoms with van der Waals surface area (Å²) in [6.07, 6.45) is 1.03. The van der Waals surface area contributed by atoms with Crippen LogP contribution in [0.3, 0.4) is 0 Å². The minimum Gasteiger partial charge on any atom is -0.485 e. The van der Waals surface area contributed by atoms with Crippen molar-refractivity contribution in [2.24, 2.45) is 5.10 Å². The van der Waals surface area contributed by atoms with E-state index in [1.807, 2.05) is 48.5 Å². The fraction of sp³-hybridized carbons (Fsp3) is 0.263. The van der Waals surface area contributed by atoms with Gasteiger partial charge in [0, 0.05) is 0 Å². The molecule has 1 amide bonds. The fourth-order valence-electron chi connectivity index (χ4n) is 2.48. The SMILES string of the molecule is CCC/C(=N\NC(=O)C1COc2ccccc2O1)c1ccccc1. The highest BCUT2D eigenvalue weighted by Gasteiger charge is 2.27. The fourth-order valence-corrected chi connectivity index (χ4v) is 2.48.